The molecule has 0 radical (unpaired) electrons. The fourth-order valence-electron chi connectivity index (χ4n) is 2.52. The van der Waals surface area contributed by atoms with Crippen molar-refractivity contribution in [1.82, 2.24) is 5.32 Å². The molecule has 1 aliphatic heterocycles. The first-order chi connectivity index (χ1) is 9.22. The summed E-state index contributed by atoms with van der Waals surface area (Å²) in [6.45, 7) is 4.05. The van der Waals surface area contributed by atoms with Gasteiger partial charge in [0.15, 0.2) is 0 Å². The van der Waals surface area contributed by atoms with Crippen molar-refractivity contribution in [3.05, 3.63) is 24.3 Å². The average molecular weight is 259 g/mol. The summed E-state index contributed by atoms with van der Waals surface area (Å²) >= 11 is 0. The molecule has 19 heavy (non-hydrogen) atoms. The third-order valence-corrected chi connectivity index (χ3v) is 3.55. The van der Waals surface area contributed by atoms with Gasteiger partial charge in [-0.25, -0.2) is 0 Å². The normalized spacial score (nSPS) is 23.5. The minimum atomic E-state index is 0.230. The highest BCUT2D eigenvalue weighted by Gasteiger charge is 2.21. The quantitative estimate of drug-likeness (QED) is 0.903. The van der Waals surface area contributed by atoms with E-state index >= 15 is 0 Å². The fourth-order valence-corrected chi connectivity index (χ4v) is 2.52. The van der Waals surface area contributed by atoms with E-state index in [1.54, 1.807) is 7.11 Å². The molecule has 1 saturated heterocycles. The average Bonchev–Trinajstić information content (AvgIpc) is 2.61. The van der Waals surface area contributed by atoms with Crippen LogP contribution in [0.5, 0.6) is 5.75 Å². The predicted molar refractivity (Wildman–Crippen MR) is 76.4 cm³/mol. The zero-order chi connectivity index (χ0) is 13.7. The van der Waals surface area contributed by atoms with Crippen molar-refractivity contribution in [3.63, 3.8) is 0 Å². The number of hydrogen-bond acceptors (Lipinski definition) is 4. The Hall–Kier alpha value is -1.73. The highest BCUT2D eigenvalue weighted by molar-refractivity contribution is 5.51. The SMILES string of the molecule is COc1cccc(N2CCC(C)NC(CC#N)C2)c1. The van der Waals surface area contributed by atoms with Crippen molar-refractivity contribution in [1.29, 1.82) is 5.26 Å². The molecule has 0 bridgehead atoms. The fraction of sp³-hybridized carbons (Fsp3) is 0.533. The molecule has 1 aromatic carbocycles. The second-order valence-electron chi connectivity index (χ2n) is 5.06. The summed E-state index contributed by atoms with van der Waals surface area (Å²) in [7, 11) is 1.68. The van der Waals surface area contributed by atoms with Gasteiger partial charge in [0.25, 0.3) is 0 Å². The van der Waals surface area contributed by atoms with Crippen LogP contribution < -0.4 is 15.0 Å². The molecular formula is C15H21N3O. The zero-order valence-corrected chi connectivity index (χ0v) is 11.6. The standard InChI is InChI=1S/C15H21N3O/c1-12-7-9-18(11-13(17-12)6-8-16)14-4-3-5-15(10-14)19-2/h3-5,10,12-13,17H,6-7,9,11H2,1-2H3. The van der Waals surface area contributed by atoms with Gasteiger partial charge in [0.1, 0.15) is 5.75 Å². The second kappa shape index (κ2) is 6.44. The third kappa shape index (κ3) is 3.62. The summed E-state index contributed by atoms with van der Waals surface area (Å²) in [4.78, 5) is 2.33. The second-order valence-corrected chi connectivity index (χ2v) is 5.06. The molecule has 2 unspecified atom stereocenters. The van der Waals surface area contributed by atoms with Crippen LogP contribution in [0, 0.1) is 11.3 Å². The van der Waals surface area contributed by atoms with Crippen molar-refractivity contribution in [2.45, 2.75) is 31.8 Å². The first-order valence-electron chi connectivity index (χ1n) is 6.75. The van der Waals surface area contributed by atoms with E-state index in [-0.39, 0.29) is 6.04 Å². The lowest BCUT2D eigenvalue weighted by atomic mass is 10.2. The molecule has 4 heteroatoms. The van der Waals surface area contributed by atoms with Crippen LogP contribution in [0.3, 0.4) is 0 Å². The Balaban J connectivity index is 2.15. The largest absolute Gasteiger partial charge is 0.497 e. The van der Waals surface area contributed by atoms with Gasteiger partial charge in [0.2, 0.25) is 0 Å². The van der Waals surface area contributed by atoms with Crippen LogP contribution in [0.25, 0.3) is 0 Å². The van der Waals surface area contributed by atoms with Crippen LogP contribution in [-0.4, -0.2) is 32.3 Å². The molecule has 1 N–H and O–H groups in total. The molecule has 102 valence electrons. The van der Waals surface area contributed by atoms with Crippen molar-refractivity contribution >= 4 is 5.69 Å². The maximum atomic E-state index is 8.91. The molecule has 1 aromatic rings. The number of hydrogen-bond donors (Lipinski definition) is 1. The van der Waals surface area contributed by atoms with Gasteiger partial charge in [-0.05, 0) is 25.5 Å². The number of nitrogens with one attached hydrogen (secondary N) is 1. The Labute approximate surface area is 115 Å². The lowest BCUT2D eigenvalue weighted by Crippen LogP contribution is -2.39. The molecule has 0 aliphatic carbocycles. The van der Waals surface area contributed by atoms with Crippen LogP contribution in [0.4, 0.5) is 5.69 Å². The van der Waals surface area contributed by atoms with Gasteiger partial charge in [-0.1, -0.05) is 6.07 Å². The summed E-state index contributed by atoms with van der Waals surface area (Å²) in [6, 6.07) is 11.1. The van der Waals surface area contributed by atoms with Gasteiger partial charge in [0.05, 0.1) is 19.6 Å². The van der Waals surface area contributed by atoms with E-state index in [1.165, 1.54) is 0 Å². The summed E-state index contributed by atoms with van der Waals surface area (Å²) in [5, 5.41) is 12.4. The van der Waals surface area contributed by atoms with Crippen LogP contribution in [0.15, 0.2) is 24.3 Å². The lowest BCUT2D eigenvalue weighted by molar-refractivity contribution is 0.414. The first kappa shape index (κ1) is 13.7. The zero-order valence-electron chi connectivity index (χ0n) is 11.6. The van der Waals surface area contributed by atoms with E-state index in [0.717, 1.165) is 30.9 Å². The maximum Gasteiger partial charge on any atom is 0.120 e. The van der Waals surface area contributed by atoms with E-state index in [9.17, 15) is 0 Å². The number of ether oxygens (including phenoxy) is 1. The third-order valence-electron chi connectivity index (χ3n) is 3.55. The highest BCUT2D eigenvalue weighted by Crippen LogP contribution is 2.23. The molecule has 2 rings (SSSR count). The number of rotatable bonds is 3. The molecule has 0 aromatic heterocycles. The Bertz CT molecular complexity index is 455. The van der Waals surface area contributed by atoms with Gasteiger partial charge in [0, 0.05) is 36.9 Å². The van der Waals surface area contributed by atoms with E-state index < -0.39 is 0 Å². The molecule has 1 aliphatic rings. The Morgan fingerprint density at radius 3 is 3.11 bits per heavy atom. The molecule has 1 fully saturated rings. The van der Waals surface area contributed by atoms with E-state index in [1.807, 2.05) is 12.1 Å². The van der Waals surface area contributed by atoms with E-state index in [2.05, 4.69) is 35.3 Å². The van der Waals surface area contributed by atoms with Gasteiger partial charge < -0.3 is 15.0 Å². The number of anilines is 1. The number of benzene rings is 1. The minimum Gasteiger partial charge on any atom is -0.497 e. The highest BCUT2D eigenvalue weighted by atomic mass is 16.5. The number of nitriles is 1. The van der Waals surface area contributed by atoms with Crippen LogP contribution in [0.2, 0.25) is 0 Å². The Morgan fingerprint density at radius 2 is 2.37 bits per heavy atom. The van der Waals surface area contributed by atoms with Gasteiger partial charge >= 0.3 is 0 Å². The first-order valence-corrected chi connectivity index (χ1v) is 6.75. The summed E-state index contributed by atoms with van der Waals surface area (Å²) in [5.74, 6) is 0.875. The Morgan fingerprint density at radius 1 is 1.53 bits per heavy atom. The minimum absolute atomic E-state index is 0.230. The molecule has 0 saturated carbocycles. The molecule has 2 atom stereocenters. The summed E-state index contributed by atoms with van der Waals surface area (Å²) in [6.07, 6.45) is 1.63. The molecule has 0 spiro atoms. The van der Waals surface area contributed by atoms with Crippen LogP contribution in [-0.2, 0) is 0 Å². The van der Waals surface area contributed by atoms with Crippen molar-refractivity contribution in [2.24, 2.45) is 0 Å². The van der Waals surface area contributed by atoms with Gasteiger partial charge in [-0.2, -0.15) is 5.26 Å². The maximum absolute atomic E-state index is 8.91. The molecule has 0 amide bonds. The number of methoxy groups -OCH3 is 1. The van der Waals surface area contributed by atoms with E-state index in [4.69, 9.17) is 10.00 Å². The lowest BCUT2D eigenvalue weighted by Gasteiger charge is -2.25. The van der Waals surface area contributed by atoms with Crippen LogP contribution >= 0.6 is 0 Å². The van der Waals surface area contributed by atoms with Crippen molar-refractivity contribution in [2.75, 3.05) is 25.1 Å². The van der Waals surface area contributed by atoms with Crippen LogP contribution in [0.1, 0.15) is 19.8 Å². The predicted octanol–water partition coefficient (Wildman–Crippen LogP) is 2.17. The summed E-state index contributed by atoms with van der Waals surface area (Å²) < 4.78 is 5.28. The van der Waals surface area contributed by atoms with Crippen molar-refractivity contribution in [3.8, 4) is 11.8 Å². The topological polar surface area (TPSA) is 48.3 Å². The molecule has 4 nitrogen and oxygen atoms in total. The molecule has 1 heterocycles. The van der Waals surface area contributed by atoms with Gasteiger partial charge in [-0.15, -0.1) is 0 Å². The number of nitrogens with zero attached hydrogens (tertiary/aromatic N) is 2. The Kier molecular flexibility index (Phi) is 4.64. The smallest absolute Gasteiger partial charge is 0.120 e. The molecular weight excluding hydrogens is 238 g/mol. The monoisotopic (exact) mass is 259 g/mol. The summed E-state index contributed by atoms with van der Waals surface area (Å²) in [5.41, 5.74) is 1.16. The van der Waals surface area contributed by atoms with Gasteiger partial charge in [-0.3, -0.25) is 0 Å². The van der Waals surface area contributed by atoms with Crippen molar-refractivity contribution < 1.29 is 4.74 Å². The van der Waals surface area contributed by atoms with E-state index in [0.29, 0.717) is 12.5 Å².